The van der Waals surface area contributed by atoms with Gasteiger partial charge in [-0.15, -0.1) is 0 Å². The number of nitrogens with zero attached hydrogens (tertiary/aromatic N) is 3. The van der Waals surface area contributed by atoms with Crippen molar-refractivity contribution in [3.05, 3.63) is 10.6 Å². The number of amides is 2. The second-order valence-electron chi connectivity index (χ2n) is 4.71. The number of thiazole rings is 1. The Morgan fingerprint density at radius 2 is 1.89 bits per heavy atom. The number of aryl methyl sites for hydroxylation is 1. The Bertz CT molecular complexity index is 492. The van der Waals surface area contributed by atoms with E-state index in [-0.39, 0.29) is 11.8 Å². The summed E-state index contributed by atoms with van der Waals surface area (Å²) in [7, 11) is 2.04. The highest BCUT2D eigenvalue weighted by Gasteiger charge is 2.20. The summed E-state index contributed by atoms with van der Waals surface area (Å²) in [6, 6.07) is -0.142. The number of hydrogen-bond acceptors (Lipinski definition) is 5. The van der Waals surface area contributed by atoms with Crippen LogP contribution in [0.25, 0.3) is 0 Å². The average molecular weight is 282 g/mol. The van der Waals surface area contributed by atoms with Crippen molar-refractivity contribution in [1.82, 2.24) is 14.8 Å². The maximum absolute atomic E-state index is 12.0. The monoisotopic (exact) mass is 282 g/mol. The number of Topliss-reactive ketones (excluding diaryl/α,β-unsaturated/α-hetero) is 1. The third-order valence-corrected chi connectivity index (χ3v) is 4.29. The zero-order valence-corrected chi connectivity index (χ0v) is 12.2. The van der Waals surface area contributed by atoms with Crippen LogP contribution in [0.1, 0.15) is 22.3 Å². The van der Waals surface area contributed by atoms with Crippen LogP contribution in [0.2, 0.25) is 0 Å². The SMILES string of the molecule is CC(=O)c1sc(NC(=O)N2CCN(C)CC2)nc1C. The van der Waals surface area contributed by atoms with Crippen molar-refractivity contribution >= 4 is 28.3 Å². The van der Waals surface area contributed by atoms with Gasteiger partial charge in [0.2, 0.25) is 0 Å². The summed E-state index contributed by atoms with van der Waals surface area (Å²) in [6.07, 6.45) is 0. The van der Waals surface area contributed by atoms with Crippen LogP contribution in [0.4, 0.5) is 9.93 Å². The average Bonchev–Trinajstić information content (AvgIpc) is 2.71. The highest BCUT2D eigenvalue weighted by Crippen LogP contribution is 2.23. The molecule has 0 atom stereocenters. The van der Waals surface area contributed by atoms with Gasteiger partial charge in [0.15, 0.2) is 10.9 Å². The fourth-order valence-electron chi connectivity index (χ4n) is 1.96. The van der Waals surface area contributed by atoms with Gasteiger partial charge in [0.1, 0.15) is 0 Å². The van der Waals surface area contributed by atoms with Crippen molar-refractivity contribution in [2.24, 2.45) is 0 Å². The minimum Gasteiger partial charge on any atom is -0.322 e. The first-order valence-corrected chi connectivity index (χ1v) is 7.02. The lowest BCUT2D eigenvalue weighted by Crippen LogP contribution is -2.48. The molecule has 0 spiro atoms. The Hall–Kier alpha value is -1.47. The van der Waals surface area contributed by atoms with Gasteiger partial charge in [-0.2, -0.15) is 0 Å². The number of piperazine rings is 1. The molecule has 0 saturated carbocycles. The first-order chi connectivity index (χ1) is 8.97. The first kappa shape index (κ1) is 14.0. The maximum Gasteiger partial charge on any atom is 0.323 e. The van der Waals surface area contributed by atoms with Gasteiger partial charge in [-0.25, -0.2) is 9.78 Å². The zero-order chi connectivity index (χ0) is 14.0. The summed E-state index contributed by atoms with van der Waals surface area (Å²) in [5, 5.41) is 3.26. The van der Waals surface area contributed by atoms with Crippen LogP contribution in [-0.4, -0.2) is 59.8 Å². The molecule has 1 aromatic heterocycles. The number of nitrogens with one attached hydrogen (secondary N) is 1. The Balaban J connectivity index is 1.99. The van der Waals surface area contributed by atoms with Crippen LogP contribution < -0.4 is 5.32 Å². The number of rotatable bonds is 2. The Morgan fingerprint density at radius 3 is 2.42 bits per heavy atom. The van der Waals surface area contributed by atoms with Crippen molar-refractivity contribution in [3.63, 3.8) is 0 Å². The van der Waals surface area contributed by atoms with Crippen LogP contribution >= 0.6 is 11.3 Å². The van der Waals surface area contributed by atoms with Gasteiger partial charge in [0.25, 0.3) is 0 Å². The number of aromatic nitrogens is 1. The predicted octanol–water partition coefficient (Wildman–Crippen LogP) is 1.43. The number of likely N-dealkylation sites (N-methyl/N-ethyl adjacent to an activating group) is 1. The summed E-state index contributed by atoms with van der Waals surface area (Å²) in [6.45, 7) is 6.47. The molecule has 0 bridgehead atoms. The maximum atomic E-state index is 12.0. The molecule has 1 saturated heterocycles. The van der Waals surface area contributed by atoms with E-state index in [2.05, 4.69) is 15.2 Å². The van der Waals surface area contributed by atoms with E-state index in [4.69, 9.17) is 0 Å². The van der Waals surface area contributed by atoms with E-state index < -0.39 is 0 Å². The van der Waals surface area contributed by atoms with Crippen molar-refractivity contribution in [2.75, 3.05) is 38.5 Å². The lowest BCUT2D eigenvalue weighted by atomic mass is 10.3. The molecule has 1 aliphatic heterocycles. The fraction of sp³-hybridized carbons (Fsp3) is 0.583. The van der Waals surface area contributed by atoms with Crippen molar-refractivity contribution in [3.8, 4) is 0 Å². The largest absolute Gasteiger partial charge is 0.323 e. The van der Waals surface area contributed by atoms with Gasteiger partial charge < -0.3 is 9.80 Å². The summed E-state index contributed by atoms with van der Waals surface area (Å²) in [5.74, 6) is -0.0184. The summed E-state index contributed by atoms with van der Waals surface area (Å²) in [4.78, 5) is 32.2. The van der Waals surface area contributed by atoms with Gasteiger partial charge in [0.05, 0.1) is 10.6 Å². The third kappa shape index (κ3) is 3.30. The smallest absolute Gasteiger partial charge is 0.322 e. The van der Waals surface area contributed by atoms with Crippen molar-refractivity contribution in [1.29, 1.82) is 0 Å². The Morgan fingerprint density at radius 1 is 1.26 bits per heavy atom. The number of carbonyl (C=O) groups excluding carboxylic acids is 2. The molecular weight excluding hydrogens is 264 g/mol. The molecule has 2 rings (SSSR count). The molecule has 1 aliphatic rings. The molecule has 1 N–H and O–H groups in total. The van der Waals surface area contributed by atoms with E-state index in [0.717, 1.165) is 13.1 Å². The molecule has 1 aromatic rings. The normalized spacial score (nSPS) is 16.5. The second-order valence-corrected chi connectivity index (χ2v) is 5.71. The number of anilines is 1. The number of urea groups is 1. The second kappa shape index (κ2) is 5.66. The standard InChI is InChI=1S/C12H18N4O2S/c1-8-10(9(2)17)19-11(13-8)14-12(18)16-6-4-15(3)5-7-16/h4-7H2,1-3H3,(H,13,14,18). The van der Waals surface area contributed by atoms with Gasteiger partial charge >= 0.3 is 6.03 Å². The van der Waals surface area contributed by atoms with E-state index >= 15 is 0 Å². The molecule has 104 valence electrons. The molecule has 0 aliphatic carbocycles. The van der Waals surface area contributed by atoms with Crippen LogP contribution in [0.3, 0.4) is 0 Å². The number of hydrogen-bond donors (Lipinski definition) is 1. The van der Waals surface area contributed by atoms with Crippen LogP contribution in [0.5, 0.6) is 0 Å². The van der Waals surface area contributed by atoms with Gasteiger partial charge in [-0.05, 0) is 14.0 Å². The molecule has 1 fully saturated rings. The number of carbonyl (C=O) groups is 2. The van der Waals surface area contributed by atoms with E-state index in [9.17, 15) is 9.59 Å². The number of ketones is 1. The van der Waals surface area contributed by atoms with Crippen LogP contribution in [0.15, 0.2) is 0 Å². The van der Waals surface area contributed by atoms with Gasteiger partial charge in [0, 0.05) is 33.1 Å². The highest BCUT2D eigenvalue weighted by atomic mass is 32.1. The predicted molar refractivity (Wildman–Crippen MR) is 74.9 cm³/mol. The highest BCUT2D eigenvalue weighted by molar-refractivity contribution is 7.17. The fourth-order valence-corrected chi connectivity index (χ4v) is 2.81. The van der Waals surface area contributed by atoms with Crippen LogP contribution in [0, 0.1) is 6.92 Å². The molecule has 0 unspecified atom stereocenters. The molecule has 0 radical (unpaired) electrons. The molecule has 7 heteroatoms. The lowest BCUT2D eigenvalue weighted by molar-refractivity contribution is 0.102. The molecule has 2 amide bonds. The zero-order valence-electron chi connectivity index (χ0n) is 11.4. The van der Waals surface area contributed by atoms with E-state index in [1.807, 2.05) is 7.05 Å². The quantitative estimate of drug-likeness (QED) is 0.833. The van der Waals surface area contributed by atoms with E-state index in [0.29, 0.717) is 28.8 Å². The molecule has 6 nitrogen and oxygen atoms in total. The lowest BCUT2D eigenvalue weighted by Gasteiger charge is -2.32. The summed E-state index contributed by atoms with van der Waals surface area (Å²) in [5.41, 5.74) is 0.672. The minimum atomic E-state index is -0.142. The third-order valence-electron chi connectivity index (χ3n) is 3.12. The first-order valence-electron chi connectivity index (χ1n) is 6.20. The van der Waals surface area contributed by atoms with Crippen molar-refractivity contribution < 1.29 is 9.59 Å². The van der Waals surface area contributed by atoms with Gasteiger partial charge in [-0.3, -0.25) is 10.1 Å². The Kier molecular flexibility index (Phi) is 4.16. The molecule has 0 aromatic carbocycles. The molecule has 19 heavy (non-hydrogen) atoms. The summed E-state index contributed by atoms with van der Waals surface area (Å²) < 4.78 is 0. The topological polar surface area (TPSA) is 65.5 Å². The van der Waals surface area contributed by atoms with E-state index in [1.165, 1.54) is 18.3 Å². The van der Waals surface area contributed by atoms with E-state index in [1.54, 1.807) is 11.8 Å². The minimum absolute atomic E-state index is 0.0184. The molecule has 2 heterocycles. The van der Waals surface area contributed by atoms with Gasteiger partial charge in [-0.1, -0.05) is 11.3 Å². The Labute approximate surface area is 116 Å². The van der Waals surface area contributed by atoms with Crippen LogP contribution in [-0.2, 0) is 0 Å². The van der Waals surface area contributed by atoms with Crippen molar-refractivity contribution in [2.45, 2.75) is 13.8 Å². The summed E-state index contributed by atoms with van der Waals surface area (Å²) >= 11 is 1.23. The molecular formula is C12H18N4O2S.